The molecule has 0 aliphatic rings. The van der Waals surface area contributed by atoms with E-state index in [9.17, 15) is 14.4 Å². The quantitative estimate of drug-likeness (QED) is 0.285. The zero-order chi connectivity index (χ0) is 28.5. The molecule has 4 aromatic rings. The van der Waals surface area contributed by atoms with E-state index in [1.807, 2.05) is 60.7 Å². The van der Waals surface area contributed by atoms with Crippen molar-refractivity contribution in [3.8, 4) is 33.9 Å². The minimum atomic E-state index is -0.770. The minimum absolute atomic E-state index is 0.0894. The first kappa shape index (κ1) is 28.1. The fourth-order valence-electron chi connectivity index (χ4n) is 4.33. The van der Waals surface area contributed by atoms with E-state index < -0.39 is 17.4 Å². The number of aromatic nitrogens is 2. The van der Waals surface area contributed by atoms with E-state index in [4.69, 9.17) is 14.2 Å². The molecule has 40 heavy (non-hydrogen) atoms. The van der Waals surface area contributed by atoms with Crippen molar-refractivity contribution in [2.24, 2.45) is 0 Å². The van der Waals surface area contributed by atoms with E-state index in [0.717, 1.165) is 10.2 Å². The van der Waals surface area contributed by atoms with Gasteiger partial charge in [0.1, 0.15) is 12.1 Å². The predicted octanol–water partition coefficient (Wildman–Crippen LogP) is 4.13. The Morgan fingerprint density at radius 1 is 0.875 bits per heavy atom. The molecule has 0 aliphatic heterocycles. The predicted molar refractivity (Wildman–Crippen MR) is 152 cm³/mol. The summed E-state index contributed by atoms with van der Waals surface area (Å²) < 4.78 is 16.9. The van der Waals surface area contributed by atoms with Crippen LogP contribution in [0.3, 0.4) is 0 Å². The first-order valence-corrected chi connectivity index (χ1v) is 12.9. The molecule has 0 bridgehead atoms. The number of ether oxygens (including phenoxy) is 3. The summed E-state index contributed by atoms with van der Waals surface area (Å²) in [5, 5.41) is 7.40. The number of esters is 1. The number of hydrogen-bond acceptors (Lipinski definition) is 7. The Labute approximate surface area is 232 Å². The highest BCUT2D eigenvalue weighted by atomic mass is 16.5. The van der Waals surface area contributed by atoms with Crippen LogP contribution in [0.1, 0.15) is 22.8 Å². The Morgan fingerprint density at radius 3 is 2.15 bits per heavy atom. The second kappa shape index (κ2) is 13.2. The molecule has 9 heteroatoms. The van der Waals surface area contributed by atoms with Gasteiger partial charge in [-0.2, -0.15) is 5.10 Å². The van der Waals surface area contributed by atoms with Crippen LogP contribution in [0.2, 0.25) is 0 Å². The molecule has 0 fully saturated rings. The average Bonchev–Trinajstić information content (AvgIpc) is 2.98. The summed E-state index contributed by atoms with van der Waals surface area (Å²) in [6.45, 7) is 1.71. The molecule has 1 N–H and O–H groups in total. The van der Waals surface area contributed by atoms with Crippen LogP contribution in [-0.4, -0.2) is 49.0 Å². The molecule has 0 saturated heterocycles. The van der Waals surface area contributed by atoms with Crippen molar-refractivity contribution in [3.63, 3.8) is 0 Å². The maximum atomic E-state index is 13.6. The lowest BCUT2D eigenvalue weighted by atomic mass is 9.95. The number of carbonyl (C=O) groups excluding carboxylic acids is 2. The lowest BCUT2D eigenvalue weighted by Gasteiger charge is -2.17. The van der Waals surface area contributed by atoms with E-state index >= 15 is 0 Å². The maximum Gasteiger partial charge on any atom is 0.344 e. The molecule has 1 aromatic heterocycles. The number of amides is 1. The molecule has 206 valence electrons. The Balaban J connectivity index is 1.66. The van der Waals surface area contributed by atoms with Gasteiger partial charge in [-0.3, -0.25) is 9.59 Å². The van der Waals surface area contributed by atoms with Gasteiger partial charge in [0.2, 0.25) is 5.91 Å². The van der Waals surface area contributed by atoms with Crippen LogP contribution < -0.4 is 20.3 Å². The molecule has 1 heterocycles. The van der Waals surface area contributed by atoms with Crippen molar-refractivity contribution in [3.05, 3.63) is 100 Å². The number of rotatable bonds is 11. The van der Waals surface area contributed by atoms with Gasteiger partial charge in [0.25, 0.3) is 5.56 Å². The molecule has 0 radical (unpaired) electrons. The standard InChI is InChI=1S/C31H31N3O6/c1-4-40-31(37)28-27(22-11-7-5-8-12-22)29(23-13-9-6-10-14-23)33-34(30(28)36)20-26(35)32-18-17-21-15-16-24(38-2)25(19-21)39-3/h5-16,19H,4,17-18,20H2,1-3H3,(H,32,35). The van der Waals surface area contributed by atoms with Gasteiger partial charge in [-0.25, -0.2) is 9.48 Å². The van der Waals surface area contributed by atoms with Gasteiger partial charge >= 0.3 is 5.97 Å². The van der Waals surface area contributed by atoms with E-state index in [2.05, 4.69) is 10.4 Å². The van der Waals surface area contributed by atoms with Crippen molar-refractivity contribution in [1.82, 2.24) is 15.1 Å². The Morgan fingerprint density at radius 2 is 1.52 bits per heavy atom. The highest BCUT2D eigenvalue weighted by molar-refractivity contribution is 6.01. The molecule has 0 spiro atoms. The third-order valence-electron chi connectivity index (χ3n) is 6.22. The maximum absolute atomic E-state index is 13.6. The Hall–Kier alpha value is -4.92. The molecule has 0 aliphatic carbocycles. The van der Waals surface area contributed by atoms with Gasteiger partial charge in [-0.05, 0) is 36.6 Å². The van der Waals surface area contributed by atoms with Gasteiger partial charge in [0.15, 0.2) is 11.5 Å². The van der Waals surface area contributed by atoms with E-state index in [1.54, 1.807) is 39.3 Å². The van der Waals surface area contributed by atoms with Gasteiger partial charge in [-0.1, -0.05) is 66.7 Å². The smallest absolute Gasteiger partial charge is 0.344 e. The summed E-state index contributed by atoms with van der Waals surface area (Å²) in [7, 11) is 3.13. The fourth-order valence-corrected chi connectivity index (χ4v) is 4.33. The van der Waals surface area contributed by atoms with Crippen LogP contribution in [0.4, 0.5) is 0 Å². The number of carbonyl (C=O) groups is 2. The number of hydrogen-bond donors (Lipinski definition) is 1. The summed E-state index contributed by atoms with van der Waals surface area (Å²) in [4.78, 5) is 39.7. The third kappa shape index (κ3) is 6.37. The summed E-state index contributed by atoms with van der Waals surface area (Å²) in [5.41, 5.74) is 2.16. The first-order valence-electron chi connectivity index (χ1n) is 12.9. The van der Waals surface area contributed by atoms with Crippen LogP contribution in [0, 0.1) is 0 Å². The second-order valence-electron chi connectivity index (χ2n) is 8.80. The van der Waals surface area contributed by atoms with Crippen molar-refractivity contribution in [2.45, 2.75) is 19.9 Å². The lowest BCUT2D eigenvalue weighted by molar-refractivity contribution is -0.121. The van der Waals surface area contributed by atoms with Crippen molar-refractivity contribution in [2.75, 3.05) is 27.4 Å². The molecule has 0 saturated carbocycles. The van der Waals surface area contributed by atoms with E-state index in [0.29, 0.717) is 46.8 Å². The summed E-state index contributed by atoms with van der Waals surface area (Å²) in [6, 6.07) is 23.8. The molecule has 1 amide bonds. The van der Waals surface area contributed by atoms with Crippen molar-refractivity contribution < 1.29 is 23.8 Å². The second-order valence-corrected chi connectivity index (χ2v) is 8.80. The lowest BCUT2D eigenvalue weighted by Crippen LogP contribution is -2.37. The highest BCUT2D eigenvalue weighted by Gasteiger charge is 2.26. The molecule has 3 aromatic carbocycles. The topological polar surface area (TPSA) is 109 Å². The van der Waals surface area contributed by atoms with Crippen LogP contribution in [-0.2, 0) is 22.5 Å². The van der Waals surface area contributed by atoms with Crippen LogP contribution in [0.15, 0.2) is 83.7 Å². The number of benzene rings is 3. The van der Waals surface area contributed by atoms with E-state index in [-0.39, 0.29) is 18.7 Å². The summed E-state index contributed by atoms with van der Waals surface area (Å²) >= 11 is 0. The Kier molecular flexibility index (Phi) is 9.30. The molecule has 4 rings (SSSR count). The molecule has 0 atom stereocenters. The first-order chi connectivity index (χ1) is 19.5. The highest BCUT2D eigenvalue weighted by Crippen LogP contribution is 2.32. The fraction of sp³-hybridized carbons (Fsp3) is 0.226. The van der Waals surface area contributed by atoms with Crippen LogP contribution in [0.25, 0.3) is 22.4 Å². The molecular weight excluding hydrogens is 510 g/mol. The molecular formula is C31H31N3O6. The Bertz CT molecular complexity index is 1530. The SMILES string of the molecule is CCOC(=O)c1c(-c2ccccc2)c(-c2ccccc2)nn(CC(=O)NCCc2ccc(OC)c(OC)c2)c1=O. The zero-order valence-corrected chi connectivity index (χ0v) is 22.7. The van der Waals surface area contributed by atoms with Crippen molar-refractivity contribution >= 4 is 11.9 Å². The number of nitrogens with zero attached hydrogens (tertiary/aromatic N) is 2. The largest absolute Gasteiger partial charge is 0.493 e. The summed E-state index contributed by atoms with van der Waals surface area (Å²) in [6.07, 6.45) is 0.532. The molecule has 9 nitrogen and oxygen atoms in total. The van der Waals surface area contributed by atoms with Gasteiger partial charge in [0.05, 0.1) is 26.5 Å². The third-order valence-corrected chi connectivity index (χ3v) is 6.22. The van der Waals surface area contributed by atoms with Crippen molar-refractivity contribution in [1.29, 1.82) is 0 Å². The minimum Gasteiger partial charge on any atom is -0.493 e. The summed E-state index contributed by atoms with van der Waals surface area (Å²) in [5.74, 6) is 0.0248. The average molecular weight is 542 g/mol. The van der Waals surface area contributed by atoms with Crippen LogP contribution >= 0.6 is 0 Å². The number of nitrogens with one attached hydrogen (secondary N) is 1. The van der Waals surface area contributed by atoms with Gasteiger partial charge < -0.3 is 19.5 Å². The van der Waals surface area contributed by atoms with E-state index in [1.165, 1.54) is 0 Å². The monoisotopic (exact) mass is 541 g/mol. The van der Waals surface area contributed by atoms with Crippen LogP contribution in [0.5, 0.6) is 11.5 Å². The van der Waals surface area contributed by atoms with Gasteiger partial charge in [0, 0.05) is 17.7 Å². The van der Waals surface area contributed by atoms with Gasteiger partial charge in [-0.15, -0.1) is 0 Å². The molecule has 0 unspecified atom stereocenters. The zero-order valence-electron chi connectivity index (χ0n) is 22.7. The normalized spacial score (nSPS) is 10.6. The number of methoxy groups -OCH3 is 2.